The fourth-order valence-electron chi connectivity index (χ4n) is 4.01. The number of hydrogen-bond acceptors (Lipinski definition) is 5. The highest BCUT2D eigenvalue weighted by molar-refractivity contribution is 6.15. The second-order valence-corrected chi connectivity index (χ2v) is 7.08. The first kappa shape index (κ1) is 15.6. The van der Waals surface area contributed by atoms with Crippen LogP contribution in [0, 0.1) is 0 Å². The molecule has 3 aromatic rings. The predicted molar refractivity (Wildman–Crippen MR) is 101 cm³/mol. The lowest BCUT2D eigenvalue weighted by molar-refractivity contribution is 0.171. The minimum Gasteiger partial charge on any atom is -0.493 e. The van der Waals surface area contributed by atoms with E-state index in [4.69, 9.17) is 18.9 Å². The van der Waals surface area contributed by atoms with Crippen LogP contribution in [0.2, 0.25) is 0 Å². The Bertz CT molecular complexity index is 1040. The molecular weight excluding hydrogens is 330 g/mol. The van der Waals surface area contributed by atoms with Crippen LogP contribution in [0.5, 0.6) is 23.0 Å². The Kier molecular flexibility index (Phi) is 3.40. The van der Waals surface area contributed by atoms with Crippen LogP contribution in [0.3, 0.4) is 0 Å². The van der Waals surface area contributed by atoms with Crippen molar-refractivity contribution in [2.75, 3.05) is 34.5 Å². The molecule has 2 aliphatic rings. The third kappa shape index (κ3) is 2.13. The Labute approximate surface area is 152 Å². The van der Waals surface area contributed by atoms with Gasteiger partial charge in [0.15, 0.2) is 23.0 Å². The zero-order chi connectivity index (χ0) is 17.8. The predicted octanol–water partition coefficient (Wildman–Crippen LogP) is 3.73. The maximum Gasteiger partial charge on any atom is 0.231 e. The number of rotatable bonds is 4. The number of likely N-dealkylation sites (N-methyl/N-ethyl adjacent to an activating group) is 1. The van der Waals surface area contributed by atoms with E-state index in [9.17, 15) is 0 Å². The van der Waals surface area contributed by atoms with Gasteiger partial charge in [-0.25, -0.2) is 0 Å². The van der Waals surface area contributed by atoms with E-state index in [0.717, 1.165) is 52.3 Å². The molecule has 3 aromatic carbocycles. The van der Waals surface area contributed by atoms with Gasteiger partial charge in [0.05, 0.1) is 7.11 Å². The second kappa shape index (κ2) is 5.68. The molecule has 0 N–H and O–H groups in total. The number of nitrogens with zero attached hydrogens (tertiary/aromatic N) is 1. The van der Waals surface area contributed by atoms with Gasteiger partial charge in [0, 0.05) is 22.9 Å². The first-order chi connectivity index (χ1) is 12.7. The second-order valence-electron chi connectivity index (χ2n) is 7.08. The summed E-state index contributed by atoms with van der Waals surface area (Å²) in [5.74, 6) is 3.23. The first-order valence-corrected chi connectivity index (χ1v) is 8.82. The Morgan fingerprint density at radius 2 is 1.92 bits per heavy atom. The quantitative estimate of drug-likeness (QED) is 0.670. The lowest BCUT2D eigenvalue weighted by Crippen LogP contribution is -2.15. The Morgan fingerprint density at radius 1 is 1.04 bits per heavy atom. The summed E-state index contributed by atoms with van der Waals surface area (Å²) in [7, 11) is 5.88. The maximum absolute atomic E-state index is 6.14. The fraction of sp³-hybridized carbons (Fsp3) is 0.333. The summed E-state index contributed by atoms with van der Waals surface area (Å²) < 4.78 is 23.2. The first-order valence-electron chi connectivity index (χ1n) is 8.82. The third-order valence-electron chi connectivity index (χ3n) is 5.25. The SMILES string of the molecule is COc1cc(CCN(C)C)c2ccc3cc4c(c5c3c2c1OC5)OCO4. The fourth-order valence-corrected chi connectivity index (χ4v) is 4.01. The maximum atomic E-state index is 6.14. The van der Waals surface area contributed by atoms with Gasteiger partial charge in [-0.05, 0) is 49.0 Å². The summed E-state index contributed by atoms with van der Waals surface area (Å²) in [6.07, 6.45) is 0.950. The van der Waals surface area contributed by atoms with Crippen molar-refractivity contribution in [2.45, 2.75) is 13.0 Å². The number of benzene rings is 3. The van der Waals surface area contributed by atoms with Crippen LogP contribution in [0.15, 0.2) is 24.3 Å². The van der Waals surface area contributed by atoms with Gasteiger partial charge in [-0.3, -0.25) is 0 Å². The zero-order valence-corrected chi connectivity index (χ0v) is 15.2. The van der Waals surface area contributed by atoms with E-state index in [2.05, 4.69) is 43.3 Å². The van der Waals surface area contributed by atoms with Crippen molar-refractivity contribution in [1.29, 1.82) is 0 Å². The van der Waals surface area contributed by atoms with Crippen LogP contribution in [-0.2, 0) is 13.0 Å². The molecule has 0 bridgehead atoms. The van der Waals surface area contributed by atoms with E-state index in [1.165, 1.54) is 16.3 Å². The Balaban J connectivity index is 1.86. The van der Waals surface area contributed by atoms with Crippen molar-refractivity contribution < 1.29 is 18.9 Å². The van der Waals surface area contributed by atoms with Crippen LogP contribution in [0.1, 0.15) is 11.1 Å². The molecule has 5 nitrogen and oxygen atoms in total. The van der Waals surface area contributed by atoms with E-state index in [1.54, 1.807) is 7.11 Å². The summed E-state index contributed by atoms with van der Waals surface area (Å²) in [6.45, 7) is 1.70. The highest BCUT2D eigenvalue weighted by atomic mass is 16.7. The average Bonchev–Trinajstić information content (AvgIpc) is 3.12. The van der Waals surface area contributed by atoms with Gasteiger partial charge < -0.3 is 23.8 Å². The monoisotopic (exact) mass is 351 g/mol. The van der Waals surface area contributed by atoms with Gasteiger partial charge in [-0.1, -0.05) is 12.1 Å². The summed E-state index contributed by atoms with van der Waals surface area (Å²) in [5, 5.41) is 4.68. The lowest BCUT2D eigenvalue weighted by Gasteiger charge is -2.24. The molecule has 26 heavy (non-hydrogen) atoms. The van der Waals surface area contributed by atoms with E-state index in [-0.39, 0.29) is 6.79 Å². The normalized spacial score (nSPS) is 14.5. The van der Waals surface area contributed by atoms with Crippen LogP contribution in [0.4, 0.5) is 0 Å². The van der Waals surface area contributed by atoms with Crippen LogP contribution >= 0.6 is 0 Å². The molecule has 0 fully saturated rings. The molecule has 0 aromatic heterocycles. The van der Waals surface area contributed by atoms with E-state index < -0.39 is 0 Å². The van der Waals surface area contributed by atoms with Crippen molar-refractivity contribution in [1.82, 2.24) is 4.90 Å². The topological polar surface area (TPSA) is 40.2 Å². The van der Waals surface area contributed by atoms with Crippen LogP contribution in [0.25, 0.3) is 21.5 Å². The van der Waals surface area contributed by atoms with Gasteiger partial charge in [0.1, 0.15) is 6.61 Å². The van der Waals surface area contributed by atoms with E-state index in [1.807, 2.05) is 0 Å². The summed E-state index contributed by atoms with van der Waals surface area (Å²) in [5.41, 5.74) is 2.34. The van der Waals surface area contributed by atoms with Crippen molar-refractivity contribution in [2.24, 2.45) is 0 Å². The van der Waals surface area contributed by atoms with Crippen LogP contribution in [-0.4, -0.2) is 39.4 Å². The van der Waals surface area contributed by atoms with Crippen LogP contribution < -0.4 is 18.9 Å². The van der Waals surface area contributed by atoms with Gasteiger partial charge >= 0.3 is 0 Å². The minimum absolute atomic E-state index is 0.265. The van der Waals surface area contributed by atoms with Gasteiger partial charge in [-0.2, -0.15) is 0 Å². The molecule has 2 aliphatic heterocycles. The summed E-state index contributed by atoms with van der Waals surface area (Å²) in [6, 6.07) is 8.54. The zero-order valence-electron chi connectivity index (χ0n) is 15.2. The van der Waals surface area contributed by atoms with Crippen molar-refractivity contribution >= 4 is 21.5 Å². The van der Waals surface area contributed by atoms with Gasteiger partial charge in [-0.15, -0.1) is 0 Å². The van der Waals surface area contributed by atoms with Crippen molar-refractivity contribution in [3.63, 3.8) is 0 Å². The number of methoxy groups -OCH3 is 1. The Hall–Kier alpha value is -2.66. The molecule has 0 amide bonds. The van der Waals surface area contributed by atoms with E-state index in [0.29, 0.717) is 6.61 Å². The summed E-state index contributed by atoms with van der Waals surface area (Å²) >= 11 is 0. The van der Waals surface area contributed by atoms with Gasteiger partial charge in [0.25, 0.3) is 0 Å². The molecule has 0 unspecified atom stereocenters. The molecule has 2 heterocycles. The molecule has 0 atom stereocenters. The number of fused-ring (bicyclic) bond motifs is 2. The molecule has 0 spiro atoms. The average molecular weight is 351 g/mol. The standard InChI is InChI=1S/C21H21NO4/c1-22(2)7-6-12-8-16(23-3)21-19-14(12)5-4-13-9-17-20(26-11-25-17)15(10-24-21)18(13)19/h4-5,8-9H,6-7,10-11H2,1-3H3. The Morgan fingerprint density at radius 3 is 2.73 bits per heavy atom. The summed E-state index contributed by atoms with van der Waals surface area (Å²) in [4.78, 5) is 2.19. The van der Waals surface area contributed by atoms with Crippen molar-refractivity contribution in [3.8, 4) is 23.0 Å². The van der Waals surface area contributed by atoms with Gasteiger partial charge in [0.2, 0.25) is 6.79 Å². The molecule has 134 valence electrons. The molecule has 0 saturated carbocycles. The molecule has 0 aliphatic carbocycles. The highest BCUT2D eigenvalue weighted by Crippen LogP contribution is 2.51. The third-order valence-corrected chi connectivity index (χ3v) is 5.25. The largest absolute Gasteiger partial charge is 0.493 e. The molecule has 5 rings (SSSR count). The molecular formula is C21H21NO4. The molecule has 5 heteroatoms. The number of hydrogen-bond donors (Lipinski definition) is 0. The number of ether oxygens (including phenoxy) is 4. The molecule has 0 saturated heterocycles. The minimum atomic E-state index is 0.265. The lowest BCUT2D eigenvalue weighted by atomic mass is 9.91. The highest BCUT2D eigenvalue weighted by Gasteiger charge is 2.28. The van der Waals surface area contributed by atoms with Crippen molar-refractivity contribution in [3.05, 3.63) is 35.4 Å². The van der Waals surface area contributed by atoms with E-state index >= 15 is 0 Å². The smallest absolute Gasteiger partial charge is 0.231 e. The molecule has 0 radical (unpaired) electrons.